The Kier molecular flexibility index (Phi) is 8.00. The molecule has 29 heavy (non-hydrogen) atoms. The minimum atomic E-state index is -3.66. The largest absolute Gasteiger partial charge is 0.482 e. The molecule has 4 N–H and O–H groups in total. The topological polar surface area (TPSA) is 128 Å². The number of carbonyl (C=O) groups excluding carboxylic acids is 2. The van der Waals surface area contributed by atoms with E-state index in [0.29, 0.717) is 17.8 Å². The Morgan fingerprint density at radius 2 is 1.83 bits per heavy atom. The van der Waals surface area contributed by atoms with Crippen LogP contribution in [0.3, 0.4) is 0 Å². The maximum Gasteiger partial charge on any atom is 0.262 e. The van der Waals surface area contributed by atoms with E-state index in [9.17, 15) is 18.0 Å². The van der Waals surface area contributed by atoms with Gasteiger partial charge in [-0.3, -0.25) is 9.59 Å². The van der Waals surface area contributed by atoms with Crippen molar-refractivity contribution in [2.45, 2.75) is 24.7 Å². The lowest BCUT2D eigenvalue weighted by molar-refractivity contribution is -0.118. The summed E-state index contributed by atoms with van der Waals surface area (Å²) in [4.78, 5) is 23.1. The average molecular weight is 440 g/mol. The summed E-state index contributed by atoms with van der Waals surface area (Å²) in [5.41, 5.74) is 5.95. The fraction of sp³-hybridized carbons (Fsp3) is 0.263. The first kappa shape index (κ1) is 22.7. The van der Waals surface area contributed by atoms with E-state index >= 15 is 0 Å². The number of hydrogen-bond donors (Lipinski definition) is 3. The van der Waals surface area contributed by atoms with E-state index in [4.69, 9.17) is 22.1 Å². The molecule has 0 fully saturated rings. The van der Waals surface area contributed by atoms with Crippen LogP contribution in [0.5, 0.6) is 5.75 Å². The van der Waals surface area contributed by atoms with Crippen LogP contribution >= 0.6 is 11.6 Å². The zero-order chi connectivity index (χ0) is 21.4. The molecule has 0 aliphatic rings. The van der Waals surface area contributed by atoms with Gasteiger partial charge in [-0.05, 0) is 48.9 Å². The number of halogens is 1. The van der Waals surface area contributed by atoms with Crippen molar-refractivity contribution in [3.8, 4) is 5.75 Å². The summed E-state index contributed by atoms with van der Waals surface area (Å²) < 4.78 is 32.3. The number of nitrogens with two attached hydrogens (primary N) is 1. The Bertz CT molecular complexity index is 978. The summed E-state index contributed by atoms with van der Waals surface area (Å²) in [6.45, 7) is 1.97. The molecule has 0 aliphatic heterocycles. The molecule has 0 heterocycles. The van der Waals surface area contributed by atoms with Crippen molar-refractivity contribution in [3.05, 3.63) is 53.1 Å². The smallest absolute Gasteiger partial charge is 0.262 e. The molecular formula is C19H22ClN3O5S. The first-order valence-corrected chi connectivity index (χ1v) is 10.7. The van der Waals surface area contributed by atoms with Gasteiger partial charge in [0.2, 0.25) is 15.9 Å². The van der Waals surface area contributed by atoms with Crippen LogP contribution in [0, 0.1) is 0 Å². The summed E-state index contributed by atoms with van der Waals surface area (Å²) >= 11 is 6.09. The highest BCUT2D eigenvalue weighted by Crippen LogP contribution is 2.27. The van der Waals surface area contributed by atoms with Crippen LogP contribution in [0.4, 0.5) is 5.69 Å². The summed E-state index contributed by atoms with van der Waals surface area (Å²) in [6, 6.07) is 10.1. The lowest BCUT2D eigenvalue weighted by Gasteiger charge is -2.11. The molecule has 156 valence electrons. The third kappa shape index (κ3) is 6.74. The fourth-order valence-electron chi connectivity index (χ4n) is 2.29. The molecule has 0 saturated carbocycles. The number of carbonyl (C=O) groups is 2. The molecule has 2 aromatic carbocycles. The second kappa shape index (κ2) is 10.2. The van der Waals surface area contributed by atoms with Crippen molar-refractivity contribution in [1.29, 1.82) is 0 Å². The van der Waals surface area contributed by atoms with Gasteiger partial charge in [0.05, 0.1) is 9.92 Å². The van der Waals surface area contributed by atoms with Crippen LogP contribution in [0.2, 0.25) is 5.02 Å². The number of amides is 2. The molecule has 2 amide bonds. The lowest BCUT2D eigenvalue weighted by Crippen LogP contribution is -2.24. The Labute approximate surface area is 174 Å². The van der Waals surface area contributed by atoms with Gasteiger partial charge >= 0.3 is 0 Å². The van der Waals surface area contributed by atoms with Crippen molar-refractivity contribution in [3.63, 3.8) is 0 Å². The summed E-state index contributed by atoms with van der Waals surface area (Å²) in [6.07, 6.45) is 1.60. The van der Waals surface area contributed by atoms with Gasteiger partial charge in [-0.1, -0.05) is 24.9 Å². The van der Waals surface area contributed by atoms with Crippen molar-refractivity contribution in [1.82, 2.24) is 4.72 Å². The maximum absolute atomic E-state index is 12.2. The molecule has 0 atom stereocenters. The SMILES string of the molecule is CCCCNS(=O)(=O)c1ccc(OCC(=O)Nc2ccc(C(N)=O)cc2)c(Cl)c1. The highest BCUT2D eigenvalue weighted by molar-refractivity contribution is 7.89. The second-order valence-corrected chi connectivity index (χ2v) is 8.30. The molecule has 8 nitrogen and oxygen atoms in total. The lowest BCUT2D eigenvalue weighted by atomic mass is 10.2. The highest BCUT2D eigenvalue weighted by Gasteiger charge is 2.16. The summed E-state index contributed by atoms with van der Waals surface area (Å²) in [7, 11) is -3.66. The number of anilines is 1. The normalized spacial score (nSPS) is 11.1. The van der Waals surface area contributed by atoms with Gasteiger partial charge < -0.3 is 15.8 Å². The van der Waals surface area contributed by atoms with E-state index in [-0.39, 0.29) is 22.3 Å². The molecule has 0 unspecified atom stereocenters. The fourth-order valence-corrected chi connectivity index (χ4v) is 3.69. The molecule has 2 rings (SSSR count). The Morgan fingerprint density at radius 3 is 2.41 bits per heavy atom. The zero-order valence-corrected chi connectivity index (χ0v) is 17.3. The van der Waals surface area contributed by atoms with E-state index in [0.717, 1.165) is 12.8 Å². The van der Waals surface area contributed by atoms with Crippen LogP contribution in [0.25, 0.3) is 0 Å². The van der Waals surface area contributed by atoms with E-state index in [1.165, 1.54) is 42.5 Å². The summed E-state index contributed by atoms with van der Waals surface area (Å²) in [5.74, 6) is -0.837. The standard InChI is InChI=1S/C19H22ClN3O5S/c1-2-3-10-22-29(26,27)15-8-9-17(16(20)11-15)28-12-18(24)23-14-6-4-13(5-7-14)19(21)25/h4-9,11,22H,2-3,10,12H2,1H3,(H2,21,25)(H,23,24). The molecule has 0 aromatic heterocycles. The number of primary amides is 1. The number of rotatable bonds is 10. The number of sulfonamides is 1. The van der Waals surface area contributed by atoms with Crippen molar-refractivity contribution in [2.75, 3.05) is 18.5 Å². The van der Waals surface area contributed by atoms with E-state index in [1.54, 1.807) is 0 Å². The molecule has 10 heteroatoms. The van der Waals surface area contributed by atoms with Crippen molar-refractivity contribution >= 4 is 39.1 Å². The Morgan fingerprint density at radius 1 is 1.14 bits per heavy atom. The first-order chi connectivity index (χ1) is 13.7. The minimum absolute atomic E-state index is 0.0185. The summed E-state index contributed by atoms with van der Waals surface area (Å²) in [5, 5.41) is 2.67. The molecule has 0 spiro atoms. The number of ether oxygens (including phenoxy) is 1. The van der Waals surface area contributed by atoms with Crippen LogP contribution < -0.4 is 20.5 Å². The molecule has 0 bridgehead atoms. The third-order valence-corrected chi connectivity index (χ3v) is 5.60. The van der Waals surface area contributed by atoms with Gasteiger partial charge in [0.25, 0.3) is 5.91 Å². The Hall–Kier alpha value is -2.62. The number of hydrogen-bond acceptors (Lipinski definition) is 5. The van der Waals surface area contributed by atoms with Crippen LogP contribution in [0.1, 0.15) is 30.1 Å². The Balaban J connectivity index is 1.94. The predicted octanol–water partition coefficient (Wildman–Crippen LogP) is 2.53. The quantitative estimate of drug-likeness (QED) is 0.490. The number of unbranched alkanes of at least 4 members (excludes halogenated alkanes) is 1. The third-order valence-electron chi connectivity index (χ3n) is 3.85. The molecule has 0 radical (unpaired) electrons. The molecule has 2 aromatic rings. The van der Waals surface area contributed by atoms with Gasteiger partial charge in [-0.15, -0.1) is 0 Å². The molecule has 0 saturated heterocycles. The number of benzene rings is 2. The van der Waals surface area contributed by atoms with Crippen LogP contribution in [0.15, 0.2) is 47.4 Å². The van der Waals surface area contributed by atoms with Crippen molar-refractivity contribution in [2.24, 2.45) is 5.73 Å². The average Bonchev–Trinajstić information content (AvgIpc) is 2.67. The van der Waals surface area contributed by atoms with Gasteiger partial charge in [-0.2, -0.15) is 0 Å². The molecular weight excluding hydrogens is 418 g/mol. The minimum Gasteiger partial charge on any atom is -0.482 e. The van der Waals surface area contributed by atoms with Crippen LogP contribution in [-0.4, -0.2) is 33.4 Å². The van der Waals surface area contributed by atoms with Gasteiger partial charge in [0.1, 0.15) is 5.75 Å². The predicted molar refractivity (Wildman–Crippen MR) is 111 cm³/mol. The number of nitrogens with one attached hydrogen (secondary N) is 2. The second-order valence-electron chi connectivity index (χ2n) is 6.12. The first-order valence-electron chi connectivity index (χ1n) is 8.84. The van der Waals surface area contributed by atoms with Crippen molar-refractivity contribution < 1.29 is 22.7 Å². The monoisotopic (exact) mass is 439 g/mol. The zero-order valence-electron chi connectivity index (χ0n) is 15.8. The van der Waals surface area contributed by atoms with E-state index in [2.05, 4.69) is 10.0 Å². The van der Waals surface area contributed by atoms with E-state index < -0.39 is 21.8 Å². The highest BCUT2D eigenvalue weighted by atomic mass is 35.5. The van der Waals surface area contributed by atoms with Gasteiger partial charge in [-0.25, -0.2) is 13.1 Å². The van der Waals surface area contributed by atoms with Gasteiger partial charge in [0.15, 0.2) is 6.61 Å². The van der Waals surface area contributed by atoms with E-state index in [1.807, 2.05) is 6.92 Å². The van der Waals surface area contributed by atoms with Crippen LogP contribution in [-0.2, 0) is 14.8 Å². The van der Waals surface area contributed by atoms with Gasteiger partial charge in [0, 0.05) is 17.8 Å². The molecule has 0 aliphatic carbocycles. The maximum atomic E-state index is 12.2.